The van der Waals surface area contributed by atoms with Gasteiger partial charge in [-0.3, -0.25) is 9.59 Å². The van der Waals surface area contributed by atoms with Gasteiger partial charge in [0.25, 0.3) is 0 Å². The van der Waals surface area contributed by atoms with Gasteiger partial charge in [0.15, 0.2) is 0 Å². The van der Waals surface area contributed by atoms with Crippen LogP contribution in [0.15, 0.2) is 24.3 Å². The molecule has 0 atom stereocenters. The van der Waals surface area contributed by atoms with Crippen molar-refractivity contribution in [3.05, 3.63) is 29.8 Å². The van der Waals surface area contributed by atoms with Gasteiger partial charge in [-0.15, -0.1) is 0 Å². The number of piperidine rings is 2. The molecule has 5 nitrogen and oxygen atoms in total. The Kier molecular flexibility index (Phi) is 5.51. The fourth-order valence-electron chi connectivity index (χ4n) is 3.64. The summed E-state index contributed by atoms with van der Waals surface area (Å²) >= 11 is 0. The van der Waals surface area contributed by atoms with Crippen LogP contribution in [0.1, 0.15) is 31.2 Å². The van der Waals surface area contributed by atoms with Gasteiger partial charge in [0, 0.05) is 30.6 Å². The first-order valence-electron chi connectivity index (χ1n) is 9.01. The number of carbonyl (C=O) groups is 2. The molecule has 0 bridgehead atoms. The number of amides is 2. The molecule has 0 aromatic heterocycles. The first-order valence-corrected chi connectivity index (χ1v) is 9.01. The van der Waals surface area contributed by atoms with Crippen molar-refractivity contribution in [1.82, 2.24) is 10.2 Å². The fraction of sp³-hybridized carbons (Fsp3) is 0.579. The number of hydrogen-bond donors (Lipinski definition) is 2. The largest absolute Gasteiger partial charge is 0.342 e. The molecule has 1 aromatic rings. The summed E-state index contributed by atoms with van der Waals surface area (Å²) in [5, 5.41) is 6.34. The zero-order valence-electron chi connectivity index (χ0n) is 14.4. The van der Waals surface area contributed by atoms with Crippen molar-refractivity contribution in [1.29, 1.82) is 0 Å². The number of carbonyl (C=O) groups excluding carboxylic acids is 2. The molecule has 0 aliphatic carbocycles. The summed E-state index contributed by atoms with van der Waals surface area (Å²) in [5.41, 5.74) is 1.96. The van der Waals surface area contributed by atoms with Gasteiger partial charge in [0.2, 0.25) is 11.8 Å². The fourth-order valence-corrected chi connectivity index (χ4v) is 3.64. The van der Waals surface area contributed by atoms with Crippen molar-refractivity contribution >= 4 is 17.5 Å². The molecule has 2 fully saturated rings. The minimum absolute atomic E-state index is 0.00155. The third-order valence-electron chi connectivity index (χ3n) is 5.27. The van der Waals surface area contributed by atoms with Crippen molar-refractivity contribution in [2.24, 2.45) is 11.8 Å². The molecule has 0 spiro atoms. The predicted molar refractivity (Wildman–Crippen MR) is 94.7 cm³/mol. The lowest BCUT2D eigenvalue weighted by molar-refractivity contribution is -0.139. The van der Waals surface area contributed by atoms with Gasteiger partial charge < -0.3 is 15.5 Å². The second kappa shape index (κ2) is 7.79. The smallest absolute Gasteiger partial charge is 0.227 e. The first kappa shape index (κ1) is 17.0. The summed E-state index contributed by atoms with van der Waals surface area (Å²) < 4.78 is 0. The molecule has 3 rings (SSSR count). The molecule has 0 saturated carbocycles. The molecule has 2 saturated heterocycles. The van der Waals surface area contributed by atoms with E-state index < -0.39 is 0 Å². The van der Waals surface area contributed by atoms with Crippen LogP contribution in [-0.2, 0) is 9.59 Å². The van der Waals surface area contributed by atoms with Crippen molar-refractivity contribution < 1.29 is 9.59 Å². The van der Waals surface area contributed by atoms with E-state index in [1.54, 1.807) is 0 Å². The number of nitrogens with zero attached hydrogens (tertiary/aromatic N) is 1. The van der Waals surface area contributed by atoms with Crippen LogP contribution in [0, 0.1) is 18.8 Å². The third kappa shape index (κ3) is 3.96. The molecule has 24 heavy (non-hydrogen) atoms. The molecule has 0 radical (unpaired) electrons. The first-order chi connectivity index (χ1) is 11.6. The molecule has 0 unspecified atom stereocenters. The Hall–Kier alpha value is -1.88. The lowest BCUT2D eigenvalue weighted by Gasteiger charge is -2.34. The van der Waals surface area contributed by atoms with Crippen LogP contribution < -0.4 is 10.6 Å². The number of hydrogen-bond acceptors (Lipinski definition) is 3. The Morgan fingerprint density at radius 3 is 2.38 bits per heavy atom. The van der Waals surface area contributed by atoms with E-state index >= 15 is 0 Å². The van der Waals surface area contributed by atoms with E-state index in [1.165, 1.54) is 0 Å². The second-order valence-corrected chi connectivity index (χ2v) is 6.93. The molecule has 1 aromatic carbocycles. The van der Waals surface area contributed by atoms with E-state index in [2.05, 4.69) is 10.6 Å². The van der Waals surface area contributed by atoms with E-state index in [0.717, 1.165) is 50.0 Å². The molecule has 130 valence electrons. The third-order valence-corrected chi connectivity index (χ3v) is 5.27. The molecule has 2 aliphatic heterocycles. The number of benzene rings is 1. The SMILES string of the molecule is Cc1ccccc1NC(=O)C1CCN(C(=O)C2CCNCC2)CC1. The highest BCUT2D eigenvalue weighted by atomic mass is 16.2. The van der Waals surface area contributed by atoms with Gasteiger partial charge in [-0.2, -0.15) is 0 Å². The minimum Gasteiger partial charge on any atom is -0.342 e. The predicted octanol–water partition coefficient (Wildman–Crippen LogP) is 2.17. The average Bonchev–Trinajstić information content (AvgIpc) is 2.64. The monoisotopic (exact) mass is 329 g/mol. The van der Waals surface area contributed by atoms with Gasteiger partial charge >= 0.3 is 0 Å². The van der Waals surface area contributed by atoms with E-state index in [0.29, 0.717) is 13.1 Å². The number of rotatable bonds is 3. The molecule has 2 amide bonds. The highest BCUT2D eigenvalue weighted by molar-refractivity contribution is 5.93. The molecule has 2 heterocycles. The summed E-state index contributed by atoms with van der Waals surface area (Å²) in [7, 11) is 0. The summed E-state index contributed by atoms with van der Waals surface area (Å²) in [6.07, 6.45) is 3.39. The van der Waals surface area contributed by atoms with Crippen molar-refractivity contribution in [2.45, 2.75) is 32.6 Å². The minimum atomic E-state index is 0.00155. The van der Waals surface area contributed by atoms with Crippen LogP contribution in [0.5, 0.6) is 0 Å². The lowest BCUT2D eigenvalue weighted by Crippen LogP contribution is -2.46. The van der Waals surface area contributed by atoms with Crippen LogP contribution in [-0.4, -0.2) is 42.9 Å². The van der Waals surface area contributed by atoms with Gasteiger partial charge in [0.05, 0.1) is 0 Å². The van der Waals surface area contributed by atoms with Crippen LogP contribution in [0.2, 0.25) is 0 Å². The number of nitrogens with one attached hydrogen (secondary N) is 2. The molecule has 2 N–H and O–H groups in total. The summed E-state index contributed by atoms with van der Waals surface area (Å²) in [4.78, 5) is 27.0. The summed E-state index contributed by atoms with van der Waals surface area (Å²) in [6.45, 7) is 5.27. The van der Waals surface area contributed by atoms with E-state index in [1.807, 2.05) is 36.1 Å². The topological polar surface area (TPSA) is 61.4 Å². The molecular formula is C19H27N3O2. The van der Waals surface area contributed by atoms with Crippen LogP contribution >= 0.6 is 0 Å². The van der Waals surface area contributed by atoms with Crippen molar-refractivity contribution in [3.8, 4) is 0 Å². The maximum Gasteiger partial charge on any atom is 0.227 e. The van der Waals surface area contributed by atoms with E-state index in [-0.39, 0.29) is 23.7 Å². The molecule has 2 aliphatic rings. The zero-order chi connectivity index (χ0) is 16.9. The van der Waals surface area contributed by atoms with Crippen LogP contribution in [0.25, 0.3) is 0 Å². The Morgan fingerprint density at radius 2 is 1.71 bits per heavy atom. The molecular weight excluding hydrogens is 302 g/mol. The number of aryl methyl sites for hydroxylation is 1. The number of anilines is 1. The van der Waals surface area contributed by atoms with Crippen LogP contribution in [0.4, 0.5) is 5.69 Å². The highest BCUT2D eigenvalue weighted by Crippen LogP contribution is 2.23. The summed E-state index contributed by atoms with van der Waals surface area (Å²) in [5.74, 6) is 0.540. The van der Waals surface area contributed by atoms with Crippen molar-refractivity contribution in [2.75, 3.05) is 31.5 Å². The maximum atomic E-state index is 12.6. The normalized spacial score (nSPS) is 20.0. The number of likely N-dealkylation sites (tertiary alicyclic amines) is 1. The molecule has 5 heteroatoms. The Balaban J connectivity index is 1.50. The van der Waals surface area contributed by atoms with Gasteiger partial charge in [-0.1, -0.05) is 18.2 Å². The van der Waals surface area contributed by atoms with Gasteiger partial charge in [-0.25, -0.2) is 0 Å². The van der Waals surface area contributed by atoms with E-state index in [4.69, 9.17) is 0 Å². The Bertz CT molecular complexity index is 588. The average molecular weight is 329 g/mol. The Morgan fingerprint density at radius 1 is 1.04 bits per heavy atom. The lowest BCUT2D eigenvalue weighted by atomic mass is 9.92. The summed E-state index contributed by atoms with van der Waals surface area (Å²) in [6, 6.07) is 7.83. The van der Waals surface area contributed by atoms with Gasteiger partial charge in [-0.05, 0) is 57.3 Å². The standard InChI is InChI=1S/C19H27N3O2/c1-14-4-2-3-5-17(14)21-18(23)15-8-12-22(13-9-15)19(24)16-6-10-20-11-7-16/h2-5,15-16,20H,6-13H2,1H3,(H,21,23). The zero-order valence-corrected chi connectivity index (χ0v) is 14.4. The van der Waals surface area contributed by atoms with Crippen molar-refractivity contribution in [3.63, 3.8) is 0 Å². The van der Waals surface area contributed by atoms with Crippen LogP contribution in [0.3, 0.4) is 0 Å². The maximum absolute atomic E-state index is 12.6. The highest BCUT2D eigenvalue weighted by Gasteiger charge is 2.31. The number of para-hydroxylation sites is 1. The van der Waals surface area contributed by atoms with E-state index in [9.17, 15) is 9.59 Å². The second-order valence-electron chi connectivity index (χ2n) is 6.93. The quantitative estimate of drug-likeness (QED) is 0.893. The van der Waals surface area contributed by atoms with Gasteiger partial charge in [0.1, 0.15) is 0 Å². The Labute approximate surface area is 143 Å².